The smallest absolute Gasteiger partial charge is 0.203 e. The van der Waals surface area contributed by atoms with Gasteiger partial charge in [-0.1, -0.05) is 22.0 Å². The Morgan fingerprint density at radius 2 is 1.76 bits per heavy atom. The second-order valence-corrected chi connectivity index (χ2v) is 4.97. The molecule has 0 N–H and O–H groups in total. The van der Waals surface area contributed by atoms with E-state index in [-0.39, 0.29) is 0 Å². The Kier molecular flexibility index (Phi) is 3.82. The average Bonchev–Trinajstić information content (AvgIpc) is 3.16. The SMILES string of the molecule is COc1cccc(OC)c1OCC1(CBr)CC1. The summed E-state index contributed by atoms with van der Waals surface area (Å²) in [4.78, 5) is 0. The van der Waals surface area contributed by atoms with Crippen molar-refractivity contribution in [2.75, 3.05) is 26.2 Å². The van der Waals surface area contributed by atoms with Crippen LogP contribution in [0.1, 0.15) is 12.8 Å². The first kappa shape index (κ1) is 12.6. The molecule has 0 atom stereocenters. The van der Waals surface area contributed by atoms with Gasteiger partial charge in [0.2, 0.25) is 5.75 Å². The third-order valence-corrected chi connectivity index (χ3v) is 4.34. The summed E-state index contributed by atoms with van der Waals surface area (Å²) in [5, 5.41) is 0.984. The van der Waals surface area contributed by atoms with Crippen molar-refractivity contribution in [3.63, 3.8) is 0 Å². The molecule has 0 saturated heterocycles. The molecule has 1 aromatic rings. The minimum atomic E-state index is 0.311. The van der Waals surface area contributed by atoms with E-state index in [1.807, 2.05) is 18.2 Å². The second-order valence-electron chi connectivity index (χ2n) is 4.41. The number of alkyl halides is 1. The first-order chi connectivity index (χ1) is 8.24. The monoisotopic (exact) mass is 300 g/mol. The van der Waals surface area contributed by atoms with Crippen molar-refractivity contribution in [2.24, 2.45) is 5.41 Å². The van der Waals surface area contributed by atoms with Crippen molar-refractivity contribution >= 4 is 15.9 Å². The molecule has 2 rings (SSSR count). The van der Waals surface area contributed by atoms with Crippen LogP contribution in [0.5, 0.6) is 17.2 Å². The fourth-order valence-electron chi connectivity index (χ4n) is 1.68. The zero-order valence-corrected chi connectivity index (χ0v) is 11.7. The van der Waals surface area contributed by atoms with Crippen LogP contribution in [0.4, 0.5) is 0 Å². The van der Waals surface area contributed by atoms with Crippen molar-refractivity contribution in [3.8, 4) is 17.2 Å². The molecule has 0 heterocycles. The largest absolute Gasteiger partial charge is 0.493 e. The van der Waals surface area contributed by atoms with E-state index in [9.17, 15) is 0 Å². The van der Waals surface area contributed by atoms with Gasteiger partial charge in [0.15, 0.2) is 11.5 Å². The van der Waals surface area contributed by atoms with Gasteiger partial charge in [-0.05, 0) is 25.0 Å². The molecule has 94 valence electrons. The minimum absolute atomic E-state index is 0.311. The quantitative estimate of drug-likeness (QED) is 0.755. The van der Waals surface area contributed by atoms with Crippen LogP contribution in [0.25, 0.3) is 0 Å². The highest BCUT2D eigenvalue weighted by molar-refractivity contribution is 9.09. The highest BCUT2D eigenvalue weighted by Crippen LogP contribution is 2.48. The third-order valence-electron chi connectivity index (χ3n) is 3.15. The molecule has 1 aliphatic rings. The van der Waals surface area contributed by atoms with Gasteiger partial charge in [0.05, 0.1) is 20.8 Å². The lowest BCUT2D eigenvalue weighted by atomic mass is 10.2. The molecule has 1 saturated carbocycles. The maximum absolute atomic E-state index is 5.89. The maximum Gasteiger partial charge on any atom is 0.203 e. The number of ether oxygens (including phenoxy) is 3. The predicted octanol–water partition coefficient (Wildman–Crippen LogP) is 3.26. The topological polar surface area (TPSA) is 27.7 Å². The maximum atomic E-state index is 5.89. The molecule has 1 aliphatic carbocycles. The number of halogens is 1. The molecule has 3 nitrogen and oxygen atoms in total. The Balaban J connectivity index is 2.13. The van der Waals surface area contributed by atoms with Gasteiger partial charge in [-0.25, -0.2) is 0 Å². The Labute approximate surface area is 110 Å². The highest BCUT2D eigenvalue weighted by atomic mass is 79.9. The van der Waals surface area contributed by atoms with E-state index in [0.29, 0.717) is 17.8 Å². The van der Waals surface area contributed by atoms with Gasteiger partial charge < -0.3 is 14.2 Å². The summed E-state index contributed by atoms with van der Waals surface area (Å²) >= 11 is 3.54. The van der Waals surface area contributed by atoms with Crippen LogP contribution in [0.15, 0.2) is 18.2 Å². The summed E-state index contributed by atoms with van der Waals surface area (Å²) in [5.74, 6) is 2.13. The lowest BCUT2D eigenvalue weighted by molar-refractivity contribution is 0.228. The van der Waals surface area contributed by atoms with E-state index in [4.69, 9.17) is 14.2 Å². The number of methoxy groups -OCH3 is 2. The molecule has 0 spiro atoms. The van der Waals surface area contributed by atoms with E-state index < -0.39 is 0 Å². The molecule has 1 aromatic carbocycles. The lowest BCUT2D eigenvalue weighted by Crippen LogP contribution is -2.15. The van der Waals surface area contributed by atoms with Gasteiger partial charge in [-0.3, -0.25) is 0 Å². The van der Waals surface area contributed by atoms with Gasteiger partial charge in [0, 0.05) is 10.7 Å². The predicted molar refractivity (Wildman–Crippen MR) is 70.5 cm³/mol. The number of hydrogen-bond donors (Lipinski definition) is 0. The van der Waals surface area contributed by atoms with Gasteiger partial charge in [0.1, 0.15) is 0 Å². The van der Waals surface area contributed by atoms with Crippen LogP contribution in [-0.2, 0) is 0 Å². The van der Waals surface area contributed by atoms with E-state index in [0.717, 1.165) is 16.8 Å². The summed E-state index contributed by atoms with van der Waals surface area (Å²) in [6, 6.07) is 5.65. The summed E-state index contributed by atoms with van der Waals surface area (Å²) in [5.41, 5.74) is 0.311. The fraction of sp³-hybridized carbons (Fsp3) is 0.538. The Bertz CT molecular complexity index is 366. The molecule has 4 heteroatoms. The molecular weight excluding hydrogens is 284 g/mol. The zero-order chi connectivity index (χ0) is 12.3. The van der Waals surface area contributed by atoms with E-state index in [1.165, 1.54) is 12.8 Å². The van der Waals surface area contributed by atoms with Crippen LogP contribution in [0.3, 0.4) is 0 Å². The number of para-hydroxylation sites is 1. The minimum Gasteiger partial charge on any atom is -0.493 e. The van der Waals surface area contributed by atoms with Crippen LogP contribution in [0, 0.1) is 5.41 Å². The first-order valence-corrected chi connectivity index (χ1v) is 6.76. The molecule has 1 fully saturated rings. The van der Waals surface area contributed by atoms with Crippen LogP contribution >= 0.6 is 15.9 Å². The molecule has 17 heavy (non-hydrogen) atoms. The Hall–Kier alpha value is -0.900. The van der Waals surface area contributed by atoms with Crippen molar-refractivity contribution in [2.45, 2.75) is 12.8 Å². The van der Waals surface area contributed by atoms with Crippen LogP contribution in [0.2, 0.25) is 0 Å². The highest BCUT2D eigenvalue weighted by Gasteiger charge is 2.42. The average molecular weight is 301 g/mol. The fourth-order valence-corrected chi connectivity index (χ4v) is 2.40. The molecule has 0 radical (unpaired) electrons. The molecule has 0 bridgehead atoms. The molecule has 0 amide bonds. The first-order valence-electron chi connectivity index (χ1n) is 5.64. The standard InChI is InChI=1S/C13H17BrO3/c1-15-10-4-3-5-11(16-2)12(10)17-9-13(8-14)6-7-13/h3-5H,6-9H2,1-2H3. The van der Waals surface area contributed by atoms with E-state index in [1.54, 1.807) is 14.2 Å². The Morgan fingerprint density at radius 1 is 1.18 bits per heavy atom. The van der Waals surface area contributed by atoms with Gasteiger partial charge in [-0.15, -0.1) is 0 Å². The zero-order valence-electron chi connectivity index (χ0n) is 10.2. The number of rotatable bonds is 6. The molecule has 0 aliphatic heterocycles. The van der Waals surface area contributed by atoms with Gasteiger partial charge in [0.25, 0.3) is 0 Å². The third kappa shape index (κ3) is 2.68. The van der Waals surface area contributed by atoms with E-state index >= 15 is 0 Å². The summed E-state index contributed by atoms with van der Waals surface area (Å²) in [6.45, 7) is 0.703. The van der Waals surface area contributed by atoms with Crippen LogP contribution < -0.4 is 14.2 Å². The van der Waals surface area contributed by atoms with Crippen LogP contribution in [-0.4, -0.2) is 26.2 Å². The van der Waals surface area contributed by atoms with E-state index in [2.05, 4.69) is 15.9 Å². The van der Waals surface area contributed by atoms with Crippen molar-refractivity contribution in [3.05, 3.63) is 18.2 Å². The number of hydrogen-bond acceptors (Lipinski definition) is 3. The number of benzene rings is 1. The van der Waals surface area contributed by atoms with Gasteiger partial charge in [-0.2, -0.15) is 0 Å². The molecular formula is C13H17BrO3. The van der Waals surface area contributed by atoms with Crippen molar-refractivity contribution in [1.82, 2.24) is 0 Å². The lowest BCUT2D eigenvalue weighted by Gasteiger charge is -2.17. The molecule has 0 unspecified atom stereocenters. The van der Waals surface area contributed by atoms with Crippen molar-refractivity contribution < 1.29 is 14.2 Å². The normalized spacial score (nSPS) is 16.4. The molecule has 0 aromatic heterocycles. The summed E-state index contributed by atoms with van der Waals surface area (Å²) in [7, 11) is 3.28. The Morgan fingerprint density at radius 3 is 2.18 bits per heavy atom. The van der Waals surface area contributed by atoms with Crippen molar-refractivity contribution in [1.29, 1.82) is 0 Å². The van der Waals surface area contributed by atoms with Gasteiger partial charge >= 0.3 is 0 Å². The second kappa shape index (κ2) is 5.17. The summed E-state index contributed by atoms with van der Waals surface area (Å²) in [6.07, 6.45) is 2.44. The summed E-state index contributed by atoms with van der Waals surface area (Å²) < 4.78 is 16.5.